The van der Waals surface area contributed by atoms with Gasteiger partial charge in [0, 0.05) is 10.4 Å². The molecular formula is C11H12BrNO2. The van der Waals surface area contributed by atoms with E-state index in [0.29, 0.717) is 12.2 Å². The zero-order valence-corrected chi connectivity index (χ0v) is 10.0. The molecule has 3 unspecified atom stereocenters. The van der Waals surface area contributed by atoms with Gasteiger partial charge >= 0.3 is 0 Å². The van der Waals surface area contributed by atoms with Crippen molar-refractivity contribution in [3.63, 3.8) is 0 Å². The van der Waals surface area contributed by atoms with Crippen molar-refractivity contribution in [1.82, 2.24) is 0 Å². The van der Waals surface area contributed by atoms with E-state index in [2.05, 4.69) is 28.1 Å². The fraction of sp³-hybridized carbons (Fsp3) is 0.545. The lowest BCUT2D eigenvalue weighted by atomic mass is 9.93. The number of nitriles is 1. The second kappa shape index (κ2) is 4.48. The quantitative estimate of drug-likeness (QED) is 0.738. The SMILES string of the molecule is CC1C=C(Br)C=C(C#N)C1OCC1CO1. The van der Waals surface area contributed by atoms with Crippen LogP contribution in [0.15, 0.2) is 22.2 Å². The van der Waals surface area contributed by atoms with Crippen molar-refractivity contribution in [2.24, 2.45) is 5.92 Å². The molecule has 2 rings (SSSR count). The van der Waals surface area contributed by atoms with Crippen LogP contribution in [0.4, 0.5) is 0 Å². The molecule has 0 spiro atoms. The second-order valence-corrected chi connectivity index (χ2v) is 4.75. The van der Waals surface area contributed by atoms with Gasteiger partial charge in [-0.25, -0.2) is 0 Å². The van der Waals surface area contributed by atoms with E-state index in [-0.39, 0.29) is 18.1 Å². The number of rotatable bonds is 3. The maximum absolute atomic E-state index is 9.00. The summed E-state index contributed by atoms with van der Waals surface area (Å²) in [5, 5.41) is 9.00. The van der Waals surface area contributed by atoms with E-state index in [1.165, 1.54) is 0 Å². The van der Waals surface area contributed by atoms with Gasteiger partial charge in [-0.1, -0.05) is 28.9 Å². The van der Waals surface area contributed by atoms with E-state index in [4.69, 9.17) is 14.7 Å². The number of allylic oxidation sites excluding steroid dienone is 2. The number of hydrogen-bond donors (Lipinski definition) is 0. The summed E-state index contributed by atoms with van der Waals surface area (Å²) >= 11 is 3.38. The molecule has 4 heteroatoms. The summed E-state index contributed by atoms with van der Waals surface area (Å²) in [6.45, 7) is 3.41. The molecule has 0 amide bonds. The highest BCUT2D eigenvalue weighted by Crippen LogP contribution is 2.28. The fourth-order valence-corrected chi connectivity index (χ4v) is 2.28. The standard InChI is InChI=1S/C11H12BrNO2/c1-7-2-9(12)3-8(4-13)11(7)15-6-10-5-14-10/h2-3,7,10-11H,5-6H2,1H3. The van der Waals surface area contributed by atoms with Crippen LogP contribution < -0.4 is 0 Å². The number of halogens is 1. The molecule has 0 saturated carbocycles. The molecule has 1 aliphatic carbocycles. The lowest BCUT2D eigenvalue weighted by Crippen LogP contribution is -2.26. The minimum atomic E-state index is -0.125. The van der Waals surface area contributed by atoms with Crippen LogP contribution in [-0.4, -0.2) is 25.4 Å². The summed E-state index contributed by atoms with van der Waals surface area (Å²) in [6, 6.07) is 2.18. The molecule has 0 aromatic carbocycles. The molecule has 3 nitrogen and oxygen atoms in total. The van der Waals surface area contributed by atoms with E-state index >= 15 is 0 Å². The topological polar surface area (TPSA) is 45.5 Å². The van der Waals surface area contributed by atoms with Crippen LogP contribution in [0.25, 0.3) is 0 Å². The molecule has 0 bridgehead atoms. The van der Waals surface area contributed by atoms with Crippen molar-refractivity contribution >= 4 is 15.9 Å². The molecule has 1 saturated heterocycles. The average molecular weight is 270 g/mol. The van der Waals surface area contributed by atoms with Gasteiger partial charge in [-0.3, -0.25) is 0 Å². The Morgan fingerprint density at radius 2 is 2.47 bits per heavy atom. The molecule has 1 heterocycles. The van der Waals surface area contributed by atoms with Gasteiger partial charge in [-0.05, 0) is 6.08 Å². The van der Waals surface area contributed by atoms with Crippen molar-refractivity contribution in [1.29, 1.82) is 5.26 Å². The Hall–Kier alpha value is -0.630. The predicted molar refractivity (Wildman–Crippen MR) is 59.4 cm³/mol. The van der Waals surface area contributed by atoms with E-state index in [0.717, 1.165) is 11.1 Å². The molecule has 3 atom stereocenters. The maximum Gasteiger partial charge on any atom is 0.104 e. The van der Waals surface area contributed by atoms with Gasteiger partial charge in [0.2, 0.25) is 0 Å². The third-order valence-electron chi connectivity index (χ3n) is 2.49. The minimum absolute atomic E-state index is 0.125. The molecular weight excluding hydrogens is 258 g/mol. The summed E-state index contributed by atoms with van der Waals surface area (Å²) in [6.07, 6.45) is 3.99. The van der Waals surface area contributed by atoms with Gasteiger partial charge in [-0.15, -0.1) is 0 Å². The van der Waals surface area contributed by atoms with E-state index in [1.807, 2.05) is 13.0 Å². The summed E-state index contributed by atoms with van der Waals surface area (Å²) < 4.78 is 11.7. The van der Waals surface area contributed by atoms with Crippen LogP contribution >= 0.6 is 15.9 Å². The first kappa shape index (κ1) is 10.9. The van der Waals surface area contributed by atoms with E-state index in [9.17, 15) is 0 Å². The summed E-state index contributed by atoms with van der Waals surface area (Å²) in [7, 11) is 0. The van der Waals surface area contributed by atoms with Crippen molar-refractivity contribution in [2.45, 2.75) is 19.1 Å². The van der Waals surface area contributed by atoms with Gasteiger partial charge in [0.25, 0.3) is 0 Å². The summed E-state index contributed by atoms with van der Waals surface area (Å²) in [4.78, 5) is 0. The van der Waals surface area contributed by atoms with Gasteiger partial charge in [0.05, 0.1) is 31.0 Å². The maximum atomic E-state index is 9.00. The van der Waals surface area contributed by atoms with Gasteiger partial charge in [-0.2, -0.15) is 5.26 Å². The third kappa shape index (κ3) is 2.69. The second-order valence-electron chi connectivity index (χ2n) is 3.83. The number of hydrogen-bond acceptors (Lipinski definition) is 3. The summed E-state index contributed by atoms with van der Waals surface area (Å²) in [5.74, 6) is 0.220. The highest BCUT2D eigenvalue weighted by atomic mass is 79.9. The zero-order valence-electron chi connectivity index (χ0n) is 8.44. The van der Waals surface area contributed by atoms with Crippen LogP contribution in [0.2, 0.25) is 0 Å². The van der Waals surface area contributed by atoms with Crippen LogP contribution in [-0.2, 0) is 9.47 Å². The normalized spacial score (nSPS) is 34.1. The highest BCUT2D eigenvalue weighted by Gasteiger charge is 2.29. The number of ether oxygens (including phenoxy) is 2. The smallest absolute Gasteiger partial charge is 0.104 e. The monoisotopic (exact) mass is 269 g/mol. The third-order valence-corrected chi connectivity index (χ3v) is 2.99. The fourth-order valence-electron chi connectivity index (χ4n) is 1.61. The van der Waals surface area contributed by atoms with Crippen LogP contribution in [0.3, 0.4) is 0 Å². The summed E-state index contributed by atoms with van der Waals surface area (Å²) in [5.41, 5.74) is 0.678. The van der Waals surface area contributed by atoms with Crippen molar-refractivity contribution in [3.05, 3.63) is 22.2 Å². The van der Waals surface area contributed by atoms with Crippen molar-refractivity contribution in [2.75, 3.05) is 13.2 Å². The first-order chi connectivity index (χ1) is 7.20. The van der Waals surface area contributed by atoms with Crippen LogP contribution in [0.1, 0.15) is 6.92 Å². The van der Waals surface area contributed by atoms with Crippen LogP contribution in [0, 0.1) is 17.2 Å². The first-order valence-electron chi connectivity index (χ1n) is 4.93. The zero-order chi connectivity index (χ0) is 10.8. The van der Waals surface area contributed by atoms with Gasteiger partial charge in [0.1, 0.15) is 6.10 Å². The number of epoxide rings is 1. The average Bonchev–Trinajstić information content (AvgIpc) is 2.99. The van der Waals surface area contributed by atoms with Gasteiger partial charge in [0.15, 0.2) is 0 Å². The minimum Gasteiger partial charge on any atom is -0.371 e. The molecule has 80 valence electrons. The van der Waals surface area contributed by atoms with Crippen molar-refractivity contribution < 1.29 is 9.47 Å². The van der Waals surface area contributed by atoms with E-state index < -0.39 is 0 Å². The Kier molecular flexibility index (Phi) is 3.25. The predicted octanol–water partition coefficient (Wildman–Crippen LogP) is 2.15. The largest absolute Gasteiger partial charge is 0.371 e. The lowest BCUT2D eigenvalue weighted by molar-refractivity contribution is 0.0459. The molecule has 1 fully saturated rings. The van der Waals surface area contributed by atoms with Crippen molar-refractivity contribution in [3.8, 4) is 6.07 Å². The lowest BCUT2D eigenvalue weighted by Gasteiger charge is -2.24. The Bertz CT molecular complexity index is 352. The molecule has 0 radical (unpaired) electrons. The Morgan fingerprint density at radius 1 is 1.73 bits per heavy atom. The molecule has 0 aromatic rings. The molecule has 1 aliphatic heterocycles. The molecule has 15 heavy (non-hydrogen) atoms. The van der Waals surface area contributed by atoms with E-state index in [1.54, 1.807) is 0 Å². The first-order valence-corrected chi connectivity index (χ1v) is 5.72. The van der Waals surface area contributed by atoms with Crippen LogP contribution in [0.5, 0.6) is 0 Å². The number of nitrogens with zero attached hydrogens (tertiary/aromatic N) is 1. The molecule has 2 aliphatic rings. The highest BCUT2D eigenvalue weighted by molar-refractivity contribution is 9.11. The molecule has 0 aromatic heterocycles. The Morgan fingerprint density at radius 3 is 3.07 bits per heavy atom. The Balaban J connectivity index is 2.02. The molecule has 0 N–H and O–H groups in total. The van der Waals surface area contributed by atoms with Gasteiger partial charge < -0.3 is 9.47 Å². The Labute approximate surface area is 97.5 Å².